The molecule has 3 nitrogen and oxygen atoms in total. The monoisotopic (exact) mass is 397 g/mol. The van der Waals surface area contributed by atoms with Gasteiger partial charge in [-0.3, -0.25) is 0 Å². The number of para-hydroxylation sites is 1. The van der Waals surface area contributed by atoms with Crippen LogP contribution in [0.1, 0.15) is 5.56 Å². The Labute approximate surface area is 131 Å². The number of rotatable bonds is 2. The smallest absolute Gasteiger partial charge is 0.222 e. The van der Waals surface area contributed by atoms with Gasteiger partial charge in [0.15, 0.2) is 5.03 Å². The number of fused-ring (bicyclic) bond motifs is 1. The number of aryl methyl sites for hydroxylation is 1. The predicted octanol–water partition coefficient (Wildman–Crippen LogP) is 3.91. The summed E-state index contributed by atoms with van der Waals surface area (Å²) in [5.74, 6) is 0. The van der Waals surface area contributed by atoms with Gasteiger partial charge in [0.1, 0.15) is 0 Å². The number of H-pyrrole nitrogens is 1. The molecule has 1 N–H and O–H groups in total. The molecule has 1 aromatic heterocycles. The van der Waals surface area contributed by atoms with Crippen LogP contribution in [0.2, 0.25) is 0 Å². The summed E-state index contributed by atoms with van der Waals surface area (Å²) in [7, 11) is -3.51. The van der Waals surface area contributed by atoms with Gasteiger partial charge in [-0.2, -0.15) is 0 Å². The summed E-state index contributed by atoms with van der Waals surface area (Å²) < 4.78 is 26.1. The summed E-state index contributed by atoms with van der Waals surface area (Å²) in [5.41, 5.74) is 1.87. The van der Waals surface area contributed by atoms with E-state index in [0.29, 0.717) is 4.90 Å². The van der Waals surface area contributed by atoms with Crippen molar-refractivity contribution in [1.82, 2.24) is 4.98 Å². The molecule has 0 aliphatic heterocycles. The van der Waals surface area contributed by atoms with Gasteiger partial charge in [0.2, 0.25) is 9.84 Å². The van der Waals surface area contributed by atoms with Crippen LogP contribution in [-0.4, -0.2) is 13.4 Å². The molecule has 3 aromatic rings. The molecule has 0 atom stereocenters. The normalized spacial score (nSPS) is 11.9. The lowest BCUT2D eigenvalue weighted by Gasteiger charge is -2.03. The molecule has 0 aliphatic carbocycles. The third kappa shape index (κ3) is 2.14. The summed E-state index contributed by atoms with van der Waals surface area (Å²) in [6, 6.07) is 14.5. The highest BCUT2D eigenvalue weighted by atomic mass is 127. The Morgan fingerprint density at radius 3 is 2.30 bits per heavy atom. The molecule has 0 saturated heterocycles. The molecule has 0 radical (unpaired) electrons. The number of benzene rings is 2. The lowest BCUT2D eigenvalue weighted by molar-refractivity contribution is 0.593. The second-order valence-corrected chi connectivity index (χ2v) is 7.60. The van der Waals surface area contributed by atoms with E-state index in [1.54, 1.807) is 12.1 Å². The molecule has 20 heavy (non-hydrogen) atoms. The highest BCUT2D eigenvalue weighted by Gasteiger charge is 2.24. The quantitative estimate of drug-likeness (QED) is 0.667. The maximum absolute atomic E-state index is 12.7. The Bertz CT molecular complexity index is 880. The Morgan fingerprint density at radius 2 is 1.65 bits per heavy atom. The zero-order chi connectivity index (χ0) is 14.3. The number of sulfone groups is 1. The predicted molar refractivity (Wildman–Crippen MR) is 87.6 cm³/mol. The number of nitrogens with one attached hydrogen (secondary N) is 1. The van der Waals surface area contributed by atoms with Gasteiger partial charge in [0, 0.05) is 10.9 Å². The van der Waals surface area contributed by atoms with Crippen molar-refractivity contribution in [2.45, 2.75) is 16.8 Å². The molecule has 3 rings (SSSR count). The fourth-order valence-electron chi connectivity index (χ4n) is 2.10. The van der Waals surface area contributed by atoms with Crippen LogP contribution < -0.4 is 0 Å². The molecule has 1 heterocycles. The van der Waals surface area contributed by atoms with E-state index in [-0.39, 0.29) is 5.03 Å². The van der Waals surface area contributed by atoms with Gasteiger partial charge in [-0.15, -0.1) is 0 Å². The van der Waals surface area contributed by atoms with E-state index >= 15 is 0 Å². The molecular weight excluding hydrogens is 385 g/mol. The Balaban J connectivity index is 2.24. The number of hydrogen-bond donors (Lipinski definition) is 1. The topological polar surface area (TPSA) is 49.9 Å². The maximum atomic E-state index is 12.7. The molecule has 0 unspecified atom stereocenters. The fraction of sp³-hybridized carbons (Fsp3) is 0.0667. The molecule has 0 spiro atoms. The zero-order valence-corrected chi connectivity index (χ0v) is 13.7. The van der Waals surface area contributed by atoms with Gasteiger partial charge in [-0.05, 0) is 47.7 Å². The zero-order valence-electron chi connectivity index (χ0n) is 10.7. The van der Waals surface area contributed by atoms with E-state index < -0.39 is 9.84 Å². The Hall–Kier alpha value is -1.34. The minimum absolute atomic E-state index is 0.267. The third-order valence-electron chi connectivity index (χ3n) is 3.21. The van der Waals surface area contributed by atoms with E-state index in [9.17, 15) is 8.42 Å². The lowest BCUT2D eigenvalue weighted by Crippen LogP contribution is -2.04. The summed E-state index contributed by atoms with van der Waals surface area (Å²) in [5, 5.41) is 1.20. The maximum Gasteiger partial charge on any atom is 0.222 e. The van der Waals surface area contributed by atoms with Crippen LogP contribution in [-0.2, 0) is 9.84 Å². The average molecular weight is 397 g/mol. The highest BCUT2D eigenvalue weighted by molar-refractivity contribution is 14.1. The minimum Gasteiger partial charge on any atom is -0.344 e. The Morgan fingerprint density at radius 1 is 1.00 bits per heavy atom. The first kappa shape index (κ1) is 13.6. The van der Waals surface area contributed by atoms with Crippen molar-refractivity contribution in [2.24, 2.45) is 0 Å². The van der Waals surface area contributed by atoms with E-state index in [1.807, 2.05) is 43.3 Å². The van der Waals surface area contributed by atoms with Gasteiger partial charge in [-0.25, -0.2) is 8.42 Å². The standard InChI is InChI=1S/C15H12INO2S/c1-10-6-8-11(9-7-10)20(18,19)15-14(16)12-4-2-3-5-13(12)17-15/h2-9,17H,1H3. The number of halogens is 1. The molecule has 0 amide bonds. The number of hydrogen-bond acceptors (Lipinski definition) is 2. The molecule has 102 valence electrons. The van der Waals surface area contributed by atoms with Crippen molar-refractivity contribution in [3.05, 3.63) is 57.7 Å². The minimum atomic E-state index is -3.51. The van der Waals surface area contributed by atoms with E-state index in [1.165, 1.54) is 0 Å². The average Bonchev–Trinajstić information content (AvgIpc) is 2.78. The van der Waals surface area contributed by atoms with Gasteiger partial charge >= 0.3 is 0 Å². The van der Waals surface area contributed by atoms with Crippen LogP contribution in [0, 0.1) is 10.5 Å². The molecule has 0 saturated carbocycles. The first-order valence-electron chi connectivity index (χ1n) is 6.08. The van der Waals surface area contributed by atoms with Crippen LogP contribution in [0.5, 0.6) is 0 Å². The Kier molecular flexibility index (Phi) is 3.33. The van der Waals surface area contributed by atoms with Crippen LogP contribution >= 0.6 is 22.6 Å². The lowest BCUT2D eigenvalue weighted by atomic mass is 10.2. The van der Waals surface area contributed by atoms with E-state index in [4.69, 9.17) is 0 Å². The van der Waals surface area contributed by atoms with Crippen molar-refractivity contribution in [1.29, 1.82) is 0 Å². The molecule has 0 fully saturated rings. The van der Waals surface area contributed by atoms with Crippen LogP contribution in [0.3, 0.4) is 0 Å². The van der Waals surface area contributed by atoms with Crippen molar-refractivity contribution in [3.63, 3.8) is 0 Å². The first-order chi connectivity index (χ1) is 9.50. The van der Waals surface area contributed by atoms with Gasteiger partial charge in [-0.1, -0.05) is 35.9 Å². The second kappa shape index (κ2) is 4.89. The van der Waals surface area contributed by atoms with Crippen molar-refractivity contribution >= 4 is 43.3 Å². The van der Waals surface area contributed by atoms with E-state index in [2.05, 4.69) is 27.6 Å². The molecule has 0 aliphatic rings. The molecular formula is C15H12INO2S. The number of aromatic nitrogens is 1. The van der Waals surface area contributed by atoms with Crippen molar-refractivity contribution in [2.75, 3.05) is 0 Å². The SMILES string of the molecule is Cc1ccc(S(=O)(=O)c2[nH]c3ccccc3c2I)cc1. The second-order valence-electron chi connectivity index (χ2n) is 4.63. The molecule has 5 heteroatoms. The first-order valence-corrected chi connectivity index (χ1v) is 8.64. The van der Waals surface area contributed by atoms with Crippen LogP contribution in [0.15, 0.2) is 58.5 Å². The molecule has 0 bridgehead atoms. The van der Waals surface area contributed by atoms with Gasteiger partial charge in [0.05, 0.1) is 8.47 Å². The summed E-state index contributed by atoms with van der Waals surface area (Å²) in [6.07, 6.45) is 0. The number of aromatic amines is 1. The molecule has 2 aromatic carbocycles. The van der Waals surface area contributed by atoms with Crippen LogP contribution in [0.4, 0.5) is 0 Å². The van der Waals surface area contributed by atoms with Gasteiger partial charge in [0.25, 0.3) is 0 Å². The summed E-state index contributed by atoms with van der Waals surface area (Å²) in [6.45, 7) is 1.93. The summed E-state index contributed by atoms with van der Waals surface area (Å²) in [4.78, 5) is 3.33. The van der Waals surface area contributed by atoms with Crippen molar-refractivity contribution < 1.29 is 8.42 Å². The van der Waals surface area contributed by atoms with Crippen LogP contribution in [0.25, 0.3) is 10.9 Å². The highest BCUT2D eigenvalue weighted by Crippen LogP contribution is 2.30. The summed E-state index contributed by atoms with van der Waals surface area (Å²) >= 11 is 2.08. The van der Waals surface area contributed by atoms with E-state index in [0.717, 1.165) is 20.0 Å². The fourth-order valence-corrected chi connectivity index (χ4v) is 4.90. The van der Waals surface area contributed by atoms with Gasteiger partial charge < -0.3 is 4.98 Å². The third-order valence-corrected chi connectivity index (χ3v) is 6.43. The largest absolute Gasteiger partial charge is 0.344 e. The van der Waals surface area contributed by atoms with Crippen molar-refractivity contribution in [3.8, 4) is 0 Å².